The van der Waals surface area contributed by atoms with Gasteiger partial charge >= 0.3 is 0 Å². The Hall–Kier alpha value is -5.74. The second-order valence-corrected chi connectivity index (χ2v) is 12.9. The first-order valence-electron chi connectivity index (χ1n) is 16.1. The van der Waals surface area contributed by atoms with Gasteiger partial charge in [-0.1, -0.05) is 54.6 Å². The maximum atomic E-state index is 6.41. The van der Waals surface area contributed by atoms with E-state index < -0.39 is 0 Å². The van der Waals surface area contributed by atoms with Crippen LogP contribution < -0.4 is 0 Å². The molecule has 4 aromatic heterocycles. The lowest BCUT2D eigenvalue weighted by Gasteiger charge is -2.11. The minimum Gasteiger partial charge on any atom is -0.456 e. The largest absolute Gasteiger partial charge is 0.456 e. The van der Waals surface area contributed by atoms with Crippen LogP contribution in [0, 0.1) is 5.92 Å². The molecule has 0 radical (unpaired) electrons. The van der Waals surface area contributed by atoms with Crippen molar-refractivity contribution < 1.29 is 8.83 Å². The van der Waals surface area contributed by atoms with Crippen LogP contribution in [0.2, 0.25) is 0 Å². The van der Waals surface area contributed by atoms with Gasteiger partial charge in [-0.25, -0.2) is 0 Å². The van der Waals surface area contributed by atoms with Gasteiger partial charge in [0.25, 0.3) is 0 Å². The molecule has 2 aliphatic rings. The summed E-state index contributed by atoms with van der Waals surface area (Å²) in [6.07, 6.45) is 12.7. The summed E-state index contributed by atoms with van der Waals surface area (Å²) in [5.41, 5.74) is 12.2. The SMILES string of the molecule is C/C=C\c1cn(-c2ccc3oc4cc5oc6ccc(-n7c8ccccc8c8ccccc87)cc6c5cc4c3c2)c2c1C1CC1C=C2. The Kier molecular flexibility index (Phi) is 4.65. The zero-order valence-electron chi connectivity index (χ0n) is 25.2. The van der Waals surface area contributed by atoms with Crippen molar-refractivity contribution in [3.05, 3.63) is 132 Å². The van der Waals surface area contributed by atoms with Gasteiger partial charge in [-0.15, -0.1) is 0 Å². The monoisotopic (exact) mass is 592 g/mol. The topological polar surface area (TPSA) is 36.1 Å². The molecule has 1 fully saturated rings. The van der Waals surface area contributed by atoms with E-state index in [1.54, 1.807) is 0 Å². The summed E-state index contributed by atoms with van der Waals surface area (Å²) in [6, 6.07) is 34.7. The van der Waals surface area contributed by atoms with Crippen molar-refractivity contribution in [2.24, 2.45) is 5.92 Å². The van der Waals surface area contributed by atoms with Crippen LogP contribution in [0.25, 0.3) is 89.2 Å². The Labute approximate surface area is 264 Å². The summed E-state index contributed by atoms with van der Waals surface area (Å²) in [5, 5.41) is 6.91. The summed E-state index contributed by atoms with van der Waals surface area (Å²) in [5.74, 6) is 1.36. The highest BCUT2D eigenvalue weighted by atomic mass is 16.3. The molecule has 2 atom stereocenters. The number of nitrogens with zero attached hydrogens (tertiary/aromatic N) is 2. The van der Waals surface area contributed by atoms with E-state index in [4.69, 9.17) is 8.83 Å². The lowest BCUT2D eigenvalue weighted by atomic mass is 9.99. The molecule has 4 nitrogen and oxygen atoms in total. The highest BCUT2D eigenvalue weighted by Crippen LogP contribution is 2.55. The molecule has 5 aromatic carbocycles. The molecule has 11 rings (SSSR count). The fraction of sp³-hybridized carbons (Fsp3) is 0.0952. The molecule has 2 aliphatic carbocycles. The van der Waals surface area contributed by atoms with Crippen LogP contribution in [0.1, 0.15) is 36.1 Å². The third-order valence-corrected chi connectivity index (χ3v) is 10.3. The van der Waals surface area contributed by atoms with Gasteiger partial charge < -0.3 is 18.0 Å². The van der Waals surface area contributed by atoms with Gasteiger partial charge in [-0.2, -0.15) is 0 Å². The van der Waals surface area contributed by atoms with E-state index >= 15 is 0 Å². The van der Waals surface area contributed by atoms with Crippen molar-refractivity contribution in [3.8, 4) is 11.4 Å². The summed E-state index contributed by atoms with van der Waals surface area (Å²) < 4.78 is 17.5. The van der Waals surface area contributed by atoms with E-state index in [9.17, 15) is 0 Å². The summed E-state index contributed by atoms with van der Waals surface area (Å²) in [6.45, 7) is 2.10. The highest BCUT2D eigenvalue weighted by molar-refractivity contribution is 6.16. The Morgan fingerprint density at radius 2 is 1.28 bits per heavy atom. The van der Waals surface area contributed by atoms with E-state index in [1.165, 1.54) is 45.0 Å². The van der Waals surface area contributed by atoms with Gasteiger partial charge in [-0.3, -0.25) is 0 Å². The third kappa shape index (κ3) is 3.23. The van der Waals surface area contributed by atoms with Crippen LogP contribution in [0.5, 0.6) is 0 Å². The maximum Gasteiger partial charge on any atom is 0.139 e. The Morgan fingerprint density at radius 3 is 1.98 bits per heavy atom. The first-order valence-corrected chi connectivity index (χ1v) is 16.1. The molecule has 0 amide bonds. The zero-order valence-corrected chi connectivity index (χ0v) is 25.2. The van der Waals surface area contributed by atoms with E-state index in [-0.39, 0.29) is 0 Å². The second kappa shape index (κ2) is 8.70. The molecule has 0 spiro atoms. The molecular formula is C42H28N2O2. The van der Waals surface area contributed by atoms with Crippen LogP contribution in [0.3, 0.4) is 0 Å². The molecule has 4 heteroatoms. The van der Waals surface area contributed by atoms with Crippen molar-refractivity contribution in [2.75, 3.05) is 0 Å². The molecule has 9 aromatic rings. The average molecular weight is 593 g/mol. The van der Waals surface area contributed by atoms with Crippen molar-refractivity contribution in [2.45, 2.75) is 19.3 Å². The maximum absolute atomic E-state index is 6.41. The Balaban J connectivity index is 1.12. The molecule has 0 aliphatic heterocycles. The van der Waals surface area contributed by atoms with Gasteiger partial charge in [-0.05, 0) is 97.0 Å². The summed E-state index contributed by atoms with van der Waals surface area (Å²) in [7, 11) is 0. The zero-order chi connectivity index (χ0) is 30.1. The Morgan fingerprint density at radius 1 is 0.652 bits per heavy atom. The van der Waals surface area contributed by atoms with E-state index in [2.05, 4.69) is 144 Å². The van der Waals surface area contributed by atoms with E-state index in [1.807, 2.05) is 0 Å². The predicted molar refractivity (Wildman–Crippen MR) is 189 cm³/mol. The van der Waals surface area contributed by atoms with Crippen molar-refractivity contribution in [1.82, 2.24) is 9.13 Å². The summed E-state index contributed by atoms with van der Waals surface area (Å²) in [4.78, 5) is 0. The van der Waals surface area contributed by atoms with Crippen LogP contribution >= 0.6 is 0 Å². The second-order valence-electron chi connectivity index (χ2n) is 12.9. The third-order valence-electron chi connectivity index (χ3n) is 10.3. The molecule has 1 saturated carbocycles. The normalized spacial score (nSPS) is 17.4. The molecular weight excluding hydrogens is 564 g/mol. The minimum absolute atomic E-state index is 0.654. The van der Waals surface area contributed by atoms with Crippen LogP contribution in [0.4, 0.5) is 0 Å². The molecule has 4 heterocycles. The first-order chi connectivity index (χ1) is 22.7. The highest BCUT2D eigenvalue weighted by Gasteiger charge is 2.42. The van der Waals surface area contributed by atoms with Gasteiger partial charge in [0, 0.05) is 61.6 Å². The average Bonchev–Trinajstić information content (AvgIpc) is 3.34. The fourth-order valence-corrected chi connectivity index (χ4v) is 8.14. The van der Waals surface area contributed by atoms with Crippen molar-refractivity contribution in [3.63, 3.8) is 0 Å². The summed E-state index contributed by atoms with van der Waals surface area (Å²) >= 11 is 0. The van der Waals surface area contributed by atoms with Crippen molar-refractivity contribution in [1.29, 1.82) is 0 Å². The number of para-hydroxylation sites is 2. The lowest BCUT2D eigenvalue weighted by Crippen LogP contribution is -1.99. The lowest BCUT2D eigenvalue weighted by molar-refractivity contribution is 0.656. The van der Waals surface area contributed by atoms with Crippen LogP contribution in [0.15, 0.2) is 124 Å². The molecule has 0 bridgehead atoms. The smallest absolute Gasteiger partial charge is 0.139 e. The first kappa shape index (κ1) is 24.6. The van der Waals surface area contributed by atoms with E-state index in [0.717, 1.165) is 55.3 Å². The number of allylic oxidation sites excluding steroid dienone is 2. The van der Waals surface area contributed by atoms with Gasteiger partial charge in [0.2, 0.25) is 0 Å². The number of aromatic nitrogens is 2. The van der Waals surface area contributed by atoms with Crippen LogP contribution in [-0.2, 0) is 0 Å². The Bertz CT molecular complexity index is 2760. The van der Waals surface area contributed by atoms with E-state index in [0.29, 0.717) is 11.8 Å². The number of furan rings is 2. The number of fused-ring (bicyclic) bond motifs is 12. The minimum atomic E-state index is 0.654. The standard InChI is InChI=1S/C42H28N2O2/c1-2-7-25-23-43(37-15-12-24-18-30(24)42(25)37)26-13-16-38-31(19-26)33-21-34-32-20-27(14-17-39(32)46-41(34)22-40(33)45-38)44-35-10-5-3-8-28(35)29-9-4-6-11-36(29)44/h2-17,19-24,30H,18H2,1H3/b7-2-. The molecule has 0 N–H and O–H groups in total. The quantitative estimate of drug-likeness (QED) is 0.205. The van der Waals surface area contributed by atoms with Crippen LogP contribution in [-0.4, -0.2) is 9.13 Å². The fourth-order valence-electron chi connectivity index (χ4n) is 8.14. The number of hydrogen-bond donors (Lipinski definition) is 0. The van der Waals surface area contributed by atoms with Gasteiger partial charge in [0.05, 0.1) is 11.0 Å². The number of hydrogen-bond acceptors (Lipinski definition) is 2. The molecule has 0 saturated heterocycles. The number of benzene rings is 5. The number of rotatable bonds is 3. The molecule has 46 heavy (non-hydrogen) atoms. The predicted octanol–water partition coefficient (Wildman–Crippen LogP) is 11.5. The van der Waals surface area contributed by atoms with Gasteiger partial charge in [0.1, 0.15) is 22.3 Å². The molecule has 218 valence electrons. The van der Waals surface area contributed by atoms with Gasteiger partial charge in [0.15, 0.2) is 0 Å². The van der Waals surface area contributed by atoms with Crippen molar-refractivity contribution >= 4 is 77.8 Å². The molecule has 2 unspecified atom stereocenters.